The van der Waals surface area contributed by atoms with Gasteiger partial charge in [0.05, 0.1) is 0 Å². The van der Waals surface area contributed by atoms with E-state index in [4.69, 9.17) is 4.43 Å². The summed E-state index contributed by atoms with van der Waals surface area (Å²) in [4.78, 5) is 0. The quantitative estimate of drug-likeness (QED) is 0.368. The van der Waals surface area contributed by atoms with Gasteiger partial charge in [-0.3, -0.25) is 0 Å². The molecule has 0 unspecified atom stereocenters. The summed E-state index contributed by atoms with van der Waals surface area (Å²) in [5.74, 6) is 0. The van der Waals surface area contributed by atoms with E-state index in [-0.39, 0.29) is 18.9 Å². The van der Waals surface area contributed by atoms with E-state index in [0.29, 0.717) is 5.04 Å². The minimum absolute atomic E-state index is 0. The molecule has 0 saturated heterocycles. The molecule has 0 rings (SSSR count). The monoisotopic (exact) mass is 194 g/mol. The number of unbranched alkanes of at least 4 members (excludes halogenated alkanes) is 1. The minimum Gasteiger partial charge on any atom is -0.592 e. The van der Waals surface area contributed by atoms with E-state index in [1.165, 1.54) is 6.42 Å². The second-order valence-corrected chi connectivity index (χ2v) is 9.59. The van der Waals surface area contributed by atoms with Gasteiger partial charge in [0, 0.05) is 0 Å². The average molecular weight is 194 g/mol. The molecule has 74 valence electrons. The third-order valence-corrected chi connectivity index (χ3v) is 6.96. The third kappa shape index (κ3) is 5.96. The second-order valence-electron chi connectivity index (χ2n) is 4.83. The first-order chi connectivity index (χ1) is 5.31. The van der Waals surface area contributed by atoms with Crippen LogP contribution in [0, 0.1) is 6.61 Å². The van der Waals surface area contributed by atoms with Crippen molar-refractivity contribution in [3.8, 4) is 0 Å². The Morgan fingerprint density at radius 2 is 1.69 bits per heavy atom. The van der Waals surface area contributed by atoms with Gasteiger partial charge in [-0.2, -0.15) is 6.42 Å². The molecule has 0 aliphatic heterocycles. The van der Waals surface area contributed by atoms with Crippen molar-refractivity contribution in [3.63, 3.8) is 0 Å². The number of hydrogen-bond acceptors (Lipinski definition) is 1. The van der Waals surface area contributed by atoms with Crippen molar-refractivity contribution in [2.24, 2.45) is 0 Å². The Morgan fingerprint density at radius 1 is 1.23 bits per heavy atom. The van der Waals surface area contributed by atoms with Crippen molar-refractivity contribution < 1.29 is 23.3 Å². The molecule has 0 spiro atoms. The fourth-order valence-electron chi connectivity index (χ4n) is 0.562. The van der Waals surface area contributed by atoms with E-state index in [1.54, 1.807) is 0 Å². The Kier molecular flexibility index (Phi) is 7.85. The summed E-state index contributed by atoms with van der Waals surface area (Å²) in [5, 5.41) is 0.331. The van der Waals surface area contributed by atoms with Crippen LogP contribution in [0.1, 0.15) is 40.5 Å². The van der Waals surface area contributed by atoms with Gasteiger partial charge in [-0.15, -0.1) is 0 Å². The smallest absolute Gasteiger partial charge is 0.592 e. The number of hydrogen-bond donors (Lipinski definition) is 0. The van der Waals surface area contributed by atoms with Gasteiger partial charge in [-0.1, -0.05) is 34.1 Å². The maximum absolute atomic E-state index is 5.85. The average Bonchev–Trinajstić information content (AvgIpc) is 1.85. The van der Waals surface area contributed by atoms with Gasteiger partial charge < -0.3 is 4.43 Å². The van der Waals surface area contributed by atoms with Gasteiger partial charge in [0.15, 0.2) is 8.32 Å². The molecular formula is C10H23LiOSi. The molecule has 0 fully saturated rings. The van der Waals surface area contributed by atoms with Crippen molar-refractivity contribution >= 4 is 8.32 Å². The van der Waals surface area contributed by atoms with Gasteiger partial charge in [0.25, 0.3) is 0 Å². The summed E-state index contributed by atoms with van der Waals surface area (Å²) < 4.78 is 5.85. The van der Waals surface area contributed by atoms with Crippen LogP contribution in [0.5, 0.6) is 0 Å². The molecule has 0 radical (unpaired) electrons. The third-order valence-electron chi connectivity index (χ3n) is 2.59. The summed E-state index contributed by atoms with van der Waals surface area (Å²) in [5.41, 5.74) is 0. The zero-order chi connectivity index (χ0) is 9.83. The predicted molar refractivity (Wildman–Crippen MR) is 57.5 cm³/mol. The molecule has 0 aromatic carbocycles. The SMILES string of the molecule is CCC[CH-]O[Si](C)(C)C(C)(C)C.[Li+]. The van der Waals surface area contributed by atoms with E-state index in [0.717, 1.165) is 6.42 Å². The Morgan fingerprint density at radius 3 is 2.00 bits per heavy atom. The summed E-state index contributed by atoms with van der Waals surface area (Å²) in [7, 11) is -1.50. The molecule has 0 aliphatic carbocycles. The van der Waals surface area contributed by atoms with Gasteiger partial charge in [0.1, 0.15) is 0 Å². The van der Waals surface area contributed by atoms with Crippen LogP contribution in [-0.2, 0) is 4.43 Å². The van der Waals surface area contributed by atoms with Crippen LogP contribution < -0.4 is 18.9 Å². The zero-order valence-electron chi connectivity index (χ0n) is 10.4. The summed E-state index contributed by atoms with van der Waals surface area (Å²) >= 11 is 0. The molecular weight excluding hydrogens is 171 g/mol. The largest absolute Gasteiger partial charge is 1.00 e. The molecule has 3 heteroatoms. The molecule has 0 aromatic rings. The van der Waals surface area contributed by atoms with Crippen LogP contribution in [0.4, 0.5) is 0 Å². The Bertz CT molecular complexity index is 129. The van der Waals surface area contributed by atoms with Crippen molar-refractivity contribution in [1.29, 1.82) is 0 Å². The van der Waals surface area contributed by atoms with Crippen molar-refractivity contribution in [1.82, 2.24) is 0 Å². The Balaban J connectivity index is 0. The Labute approximate surface area is 96.9 Å². The van der Waals surface area contributed by atoms with Crippen molar-refractivity contribution in [2.45, 2.75) is 58.7 Å². The molecule has 0 atom stereocenters. The van der Waals surface area contributed by atoms with E-state index in [9.17, 15) is 0 Å². The normalized spacial score (nSPS) is 12.5. The summed E-state index contributed by atoms with van der Waals surface area (Å²) in [6, 6.07) is 0. The first-order valence-corrected chi connectivity index (χ1v) is 7.71. The van der Waals surface area contributed by atoms with Gasteiger partial charge in [0.2, 0.25) is 0 Å². The van der Waals surface area contributed by atoms with Gasteiger partial charge in [-0.05, 0) is 18.1 Å². The van der Waals surface area contributed by atoms with Crippen LogP contribution >= 0.6 is 0 Å². The second kappa shape index (κ2) is 6.29. The molecule has 0 aliphatic rings. The molecule has 0 N–H and O–H groups in total. The molecule has 0 bridgehead atoms. The first-order valence-electron chi connectivity index (χ1n) is 4.81. The molecule has 0 heterocycles. The predicted octanol–water partition coefficient (Wildman–Crippen LogP) is 0.974. The van der Waals surface area contributed by atoms with Crippen molar-refractivity contribution in [3.05, 3.63) is 6.61 Å². The molecule has 13 heavy (non-hydrogen) atoms. The molecule has 0 saturated carbocycles. The molecule has 0 amide bonds. The van der Waals surface area contributed by atoms with E-state index in [1.807, 2.05) is 6.61 Å². The molecule has 0 aromatic heterocycles. The fourth-order valence-corrected chi connectivity index (χ4v) is 1.45. The topological polar surface area (TPSA) is 9.23 Å². The van der Waals surface area contributed by atoms with Crippen LogP contribution in [0.15, 0.2) is 0 Å². The van der Waals surface area contributed by atoms with Crippen LogP contribution in [-0.4, -0.2) is 8.32 Å². The number of rotatable bonds is 4. The van der Waals surface area contributed by atoms with Gasteiger partial charge >= 0.3 is 18.9 Å². The van der Waals surface area contributed by atoms with E-state index < -0.39 is 8.32 Å². The summed E-state index contributed by atoms with van der Waals surface area (Å²) in [6.45, 7) is 15.5. The molecule has 1 nitrogen and oxygen atoms in total. The standard InChI is InChI=1S/C10H23OSi.Li/c1-7-8-9-11-12(5,6)10(2,3)4;/h9H,7-8H2,1-6H3;/q-1;+1. The van der Waals surface area contributed by atoms with Crippen LogP contribution in [0.25, 0.3) is 0 Å². The maximum Gasteiger partial charge on any atom is 1.00 e. The fraction of sp³-hybridized carbons (Fsp3) is 0.900. The van der Waals surface area contributed by atoms with E-state index in [2.05, 4.69) is 40.8 Å². The van der Waals surface area contributed by atoms with Crippen LogP contribution in [0.3, 0.4) is 0 Å². The van der Waals surface area contributed by atoms with Gasteiger partial charge in [-0.25, -0.2) is 6.61 Å². The minimum atomic E-state index is -1.50. The Hall–Kier alpha value is 0.774. The van der Waals surface area contributed by atoms with E-state index >= 15 is 0 Å². The summed E-state index contributed by atoms with van der Waals surface area (Å²) in [6.07, 6.45) is 2.25. The first kappa shape index (κ1) is 16.2. The zero-order valence-corrected chi connectivity index (χ0v) is 11.4. The van der Waals surface area contributed by atoms with Crippen molar-refractivity contribution in [2.75, 3.05) is 0 Å². The van der Waals surface area contributed by atoms with Crippen LogP contribution in [0.2, 0.25) is 18.1 Å². The maximum atomic E-state index is 5.85.